The van der Waals surface area contributed by atoms with Gasteiger partial charge in [-0.1, -0.05) is 12.1 Å². The summed E-state index contributed by atoms with van der Waals surface area (Å²) in [6, 6.07) is 6.98. The number of hydrogen-bond donors (Lipinski definition) is 2. The Kier molecular flexibility index (Phi) is 3.97. The highest BCUT2D eigenvalue weighted by Crippen LogP contribution is 2.20. The topological polar surface area (TPSA) is 101 Å². The standard InChI is InChI=1S/C14H13FN4O3S/c1-9-18-19-14(22-9)13-6-12(8-16-13)23(20,21)17-7-10-2-4-11(15)5-3-10/h2-6,8,16-17H,7H2,1H3. The maximum absolute atomic E-state index is 12.8. The molecule has 0 fully saturated rings. The summed E-state index contributed by atoms with van der Waals surface area (Å²) in [4.78, 5) is 2.83. The van der Waals surface area contributed by atoms with Gasteiger partial charge in [-0.2, -0.15) is 0 Å². The van der Waals surface area contributed by atoms with Crippen molar-refractivity contribution >= 4 is 10.0 Å². The number of rotatable bonds is 5. The Balaban J connectivity index is 1.75. The zero-order valence-electron chi connectivity index (χ0n) is 12.1. The molecule has 3 rings (SSSR count). The zero-order valence-corrected chi connectivity index (χ0v) is 12.9. The highest BCUT2D eigenvalue weighted by atomic mass is 32.2. The largest absolute Gasteiger partial charge is 0.420 e. The minimum atomic E-state index is -3.71. The average molecular weight is 336 g/mol. The van der Waals surface area contributed by atoms with Crippen LogP contribution in [0, 0.1) is 12.7 Å². The predicted octanol–water partition coefficient (Wildman–Crippen LogP) is 1.99. The van der Waals surface area contributed by atoms with Crippen LogP contribution in [0.1, 0.15) is 11.5 Å². The van der Waals surface area contributed by atoms with Crippen LogP contribution in [-0.4, -0.2) is 23.6 Å². The third-order valence-electron chi connectivity index (χ3n) is 3.10. The zero-order chi connectivity index (χ0) is 16.4. The number of benzene rings is 1. The van der Waals surface area contributed by atoms with Crippen molar-refractivity contribution in [2.24, 2.45) is 0 Å². The van der Waals surface area contributed by atoms with Gasteiger partial charge in [0.25, 0.3) is 5.89 Å². The molecule has 0 bridgehead atoms. The molecule has 23 heavy (non-hydrogen) atoms. The summed E-state index contributed by atoms with van der Waals surface area (Å²) in [6.07, 6.45) is 1.34. The Hall–Kier alpha value is -2.52. The summed E-state index contributed by atoms with van der Waals surface area (Å²) in [6.45, 7) is 1.70. The lowest BCUT2D eigenvalue weighted by molar-refractivity contribution is 0.531. The van der Waals surface area contributed by atoms with Crippen molar-refractivity contribution < 1.29 is 17.2 Å². The van der Waals surface area contributed by atoms with E-state index in [1.165, 1.54) is 36.5 Å². The molecule has 7 nitrogen and oxygen atoms in total. The lowest BCUT2D eigenvalue weighted by atomic mass is 10.2. The molecule has 0 atom stereocenters. The van der Waals surface area contributed by atoms with Crippen LogP contribution in [0.3, 0.4) is 0 Å². The molecule has 120 valence electrons. The van der Waals surface area contributed by atoms with Gasteiger partial charge in [0.15, 0.2) is 0 Å². The molecule has 9 heteroatoms. The van der Waals surface area contributed by atoms with Crippen LogP contribution in [0.2, 0.25) is 0 Å². The minimum Gasteiger partial charge on any atom is -0.420 e. The summed E-state index contributed by atoms with van der Waals surface area (Å²) in [5.74, 6) is 0.220. The number of hydrogen-bond acceptors (Lipinski definition) is 5. The summed E-state index contributed by atoms with van der Waals surface area (Å²) in [7, 11) is -3.71. The number of aryl methyl sites for hydroxylation is 1. The van der Waals surface area contributed by atoms with E-state index in [9.17, 15) is 12.8 Å². The molecule has 2 heterocycles. The van der Waals surface area contributed by atoms with E-state index in [0.717, 1.165) is 0 Å². The van der Waals surface area contributed by atoms with E-state index >= 15 is 0 Å². The van der Waals surface area contributed by atoms with Gasteiger partial charge in [-0.25, -0.2) is 17.5 Å². The molecule has 0 spiro atoms. The van der Waals surface area contributed by atoms with Crippen LogP contribution in [-0.2, 0) is 16.6 Å². The molecule has 0 radical (unpaired) electrons. The summed E-state index contributed by atoms with van der Waals surface area (Å²) >= 11 is 0. The monoisotopic (exact) mass is 336 g/mol. The SMILES string of the molecule is Cc1nnc(-c2cc(S(=O)(=O)NCc3ccc(F)cc3)c[nH]2)o1. The van der Waals surface area contributed by atoms with Crippen LogP contribution in [0.5, 0.6) is 0 Å². The second-order valence-electron chi connectivity index (χ2n) is 4.83. The number of nitrogens with zero attached hydrogens (tertiary/aromatic N) is 2. The van der Waals surface area contributed by atoms with Gasteiger partial charge >= 0.3 is 0 Å². The van der Waals surface area contributed by atoms with Crippen molar-refractivity contribution in [1.29, 1.82) is 0 Å². The molecule has 0 amide bonds. The van der Waals surface area contributed by atoms with Crippen LogP contribution >= 0.6 is 0 Å². The molecule has 1 aromatic carbocycles. The second-order valence-corrected chi connectivity index (χ2v) is 6.59. The molecule has 2 N–H and O–H groups in total. The van der Waals surface area contributed by atoms with Gasteiger partial charge in [0.05, 0.1) is 0 Å². The summed E-state index contributed by atoms with van der Waals surface area (Å²) < 4.78 is 45.0. The first-order chi connectivity index (χ1) is 10.9. The van der Waals surface area contributed by atoms with Gasteiger partial charge < -0.3 is 9.40 Å². The smallest absolute Gasteiger partial charge is 0.264 e. The third-order valence-corrected chi connectivity index (χ3v) is 4.48. The van der Waals surface area contributed by atoms with Gasteiger partial charge in [0.2, 0.25) is 15.9 Å². The van der Waals surface area contributed by atoms with Crippen LogP contribution in [0.25, 0.3) is 11.6 Å². The number of H-pyrrole nitrogens is 1. The molecule has 0 saturated carbocycles. The Morgan fingerprint density at radius 3 is 2.65 bits per heavy atom. The second kappa shape index (κ2) is 5.94. The number of halogens is 1. The lowest BCUT2D eigenvalue weighted by Crippen LogP contribution is -2.22. The Labute approximate surface area is 131 Å². The van der Waals surface area contributed by atoms with Crippen molar-refractivity contribution in [3.8, 4) is 11.6 Å². The van der Waals surface area contributed by atoms with Crippen LogP contribution in [0.15, 0.2) is 45.8 Å². The van der Waals surface area contributed by atoms with Gasteiger partial charge in [-0.05, 0) is 23.8 Å². The number of nitrogens with one attached hydrogen (secondary N) is 2. The van der Waals surface area contributed by atoms with E-state index < -0.39 is 10.0 Å². The molecule has 0 unspecified atom stereocenters. The summed E-state index contributed by atoms with van der Waals surface area (Å²) in [5.41, 5.74) is 1.06. The van der Waals surface area contributed by atoms with Crippen molar-refractivity contribution in [3.63, 3.8) is 0 Å². The van der Waals surface area contributed by atoms with Gasteiger partial charge in [0.1, 0.15) is 16.4 Å². The lowest BCUT2D eigenvalue weighted by Gasteiger charge is -2.04. The molecule has 0 aliphatic heterocycles. The van der Waals surface area contributed by atoms with Crippen molar-refractivity contribution in [3.05, 3.63) is 53.8 Å². The maximum Gasteiger partial charge on any atom is 0.264 e. The Morgan fingerprint density at radius 2 is 2.00 bits per heavy atom. The fraction of sp³-hybridized carbons (Fsp3) is 0.143. The number of aromatic nitrogens is 3. The van der Waals surface area contributed by atoms with E-state index in [1.54, 1.807) is 6.92 Å². The number of sulfonamides is 1. The van der Waals surface area contributed by atoms with Crippen molar-refractivity contribution in [1.82, 2.24) is 19.9 Å². The highest BCUT2D eigenvalue weighted by molar-refractivity contribution is 7.89. The molecule has 0 aliphatic carbocycles. The molecule has 0 aliphatic rings. The fourth-order valence-corrected chi connectivity index (χ4v) is 2.93. The van der Waals surface area contributed by atoms with E-state index in [-0.39, 0.29) is 23.1 Å². The first-order valence-electron chi connectivity index (χ1n) is 6.67. The Bertz CT molecular complexity index is 916. The van der Waals surface area contributed by atoms with Gasteiger partial charge in [0, 0.05) is 19.7 Å². The normalized spacial score (nSPS) is 11.7. The fourth-order valence-electron chi connectivity index (χ4n) is 1.92. The van der Waals surface area contributed by atoms with Crippen molar-refractivity contribution in [2.45, 2.75) is 18.4 Å². The first kappa shape index (κ1) is 15.4. The number of aromatic amines is 1. The molecular formula is C14H13FN4O3S. The van der Waals surface area contributed by atoms with E-state index in [4.69, 9.17) is 4.42 Å². The van der Waals surface area contributed by atoms with Crippen LogP contribution < -0.4 is 4.72 Å². The van der Waals surface area contributed by atoms with Gasteiger partial charge in [-0.3, -0.25) is 0 Å². The third kappa shape index (κ3) is 3.46. The van der Waals surface area contributed by atoms with Crippen LogP contribution in [0.4, 0.5) is 4.39 Å². The van der Waals surface area contributed by atoms with Crippen molar-refractivity contribution in [2.75, 3.05) is 0 Å². The first-order valence-corrected chi connectivity index (χ1v) is 8.15. The molecule has 0 saturated heterocycles. The maximum atomic E-state index is 12.8. The Morgan fingerprint density at radius 1 is 1.26 bits per heavy atom. The predicted molar refractivity (Wildman–Crippen MR) is 79.2 cm³/mol. The molecular weight excluding hydrogens is 323 g/mol. The van der Waals surface area contributed by atoms with E-state index in [1.807, 2.05) is 0 Å². The summed E-state index contributed by atoms with van der Waals surface area (Å²) in [5, 5.41) is 7.50. The molecule has 2 aromatic heterocycles. The minimum absolute atomic E-state index is 0.0467. The van der Waals surface area contributed by atoms with E-state index in [0.29, 0.717) is 17.1 Å². The highest BCUT2D eigenvalue weighted by Gasteiger charge is 2.18. The molecule has 3 aromatic rings. The van der Waals surface area contributed by atoms with E-state index in [2.05, 4.69) is 19.9 Å². The van der Waals surface area contributed by atoms with Gasteiger partial charge in [-0.15, -0.1) is 10.2 Å². The quantitative estimate of drug-likeness (QED) is 0.742. The average Bonchev–Trinajstić information content (AvgIpc) is 3.16.